The summed E-state index contributed by atoms with van der Waals surface area (Å²) < 4.78 is 57.1. The Kier molecular flexibility index (Phi) is 6.76. The highest BCUT2D eigenvalue weighted by atomic mass is 19.4. The van der Waals surface area contributed by atoms with Gasteiger partial charge in [-0.25, -0.2) is 4.52 Å². The van der Waals surface area contributed by atoms with Crippen LogP contribution in [0.3, 0.4) is 0 Å². The standard InChI is InChI=1S/C25H27F3N4O4/c1-34-22-13-18(12-17-4-5-31(16-25(26,27)28)24(33)23(17)22)20-14-29-32-15-19(2-3-21(20)32)36-11-8-30-6-9-35-10-7-30/h2-3,12-15H,4-11,16H2,1H3. The van der Waals surface area contributed by atoms with Crippen molar-refractivity contribution in [3.05, 3.63) is 47.8 Å². The molecule has 2 aliphatic heterocycles. The van der Waals surface area contributed by atoms with Gasteiger partial charge in [0.2, 0.25) is 0 Å². The van der Waals surface area contributed by atoms with Gasteiger partial charge in [0, 0.05) is 31.7 Å². The van der Waals surface area contributed by atoms with E-state index in [2.05, 4.69) is 10.00 Å². The van der Waals surface area contributed by atoms with Crippen LogP contribution < -0.4 is 9.47 Å². The van der Waals surface area contributed by atoms with E-state index in [1.54, 1.807) is 16.8 Å². The van der Waals surface area contributed by atoms with Crippen LogP contribution in [0.25, 0.3) is 16.6 Å². The van der Waals surface area contributed by atoms with Gasteiger partial charge >= 0.3 is 6.18 Å². The molecule has 4 heterocycles. The molecule has 192 valence electrons. The zero-order chi connectivity index (χ0) is 25.3. The molecular weight excluding hydrogens is 477 g/mol. The number of aromatic nitrogens is 2. The number of amides is 1. The zero-order valence-electron chi connectivity index (χ0n) is 19.9. The van der Waals surface area contributed by atoms with Gasteiger partial charge < -0.3 is 19.1 Å². The van der Waals surface area contributed by atoms with Gasteiger partial charge in [-0.1, -0.05) is 0 Å². The summed E-state index contributed by atoms with van der Waals surface area (Å²) >= 11 is 0. The molecule has 8 nitrogen and oxygen atoms in total. The maximum Gasteiger partial charge on any atom is 0.406 e. The van der Waals surface area contributed by atoms with Crippen molar-refractivity contribution in [2.24, 2.45) is 0 Å². The minimum atomic E-state index is -4.46. The number of nitrogens with zero attached hydrogens (tertiary/aromatic N) is 4. The first-order chi connectivity index (χ1) is 17.3. The summed E-state index contributed by atoms with van der Waals surface area (Å²) in [6.07, 6.45) is -0.620. The van der Waals surface area contributed by atoms with Gasteiger partial charge in [0.1, 0.15) is 24.7 Å². The minimum Gasteiger partial charge on any atom is -0.496 e. The first-order valence-electron chi connectivity index (χ1n) is 11.8. The first kappa shape index (κ1) is 24.4. The predicted molar refractivity (Wildman–Crippen MR) is 126 cm³/mol. The third kappa shape index (κ3) is 5.12. The number of halogens is 3. The third-order valence-corrected chi connectivity index (χ3v) is 6.51. The number of pyridine rings is 1. The summed E-state index contributed by atoms with van der Waals surface area (Å²) in [6, 6.07) is 7.31. The van der Waals surface area contributed by atoms with Crippen molar-refractivity contribution < 1.29 is 32.2 Å². The van der Waals surface area contributed by atoms with Crippen LogP contribution in [0.4, 0.5) is 13.2 Å². The van der Waals surface area contributed by atoms with Gasteiger partial charge in [0.25, 0.3) is 5.91 Å². The Bertz CT molecular complexity index is 1240. The Balaban J connectivity index is 1.36. The summed E-state index contributed by atoms with van der Waals surface area (Å²) in [6.45, 7) is 3.40. The van der Waals surface area contributed by atoms with Crippen LogP contribution >= 0.6 is 0 Å². The lowest BCUT2D eigenvalue weighted by atomic mass is 9.93. The molecule has 0 bridgehead atoms. The number of morpholine rings is 1. The first-order valence-corrected chi connectivity index (χ1v) is 11.8. The fourth-order valence-electron chi connectivity index (χ4n) is 4.70. The normalized spacial score (nSPS) is 16.9. The second-order valence-electron chi connectivity index (χ2n) is 8.86. The lowest BCUT2D eigenvalue weighted by Crippen LogP contribution is -2.43. The van der Waals surface area contributed by atoms with Crippen LogP contribution in [-0.2, 0) is 11.2 Å². The molecule has 2 aliphatic rings. The quantitative estimate of drug-likeness (QED) is 0.492. The number of rotatable bonds is 7. The van der Waals surface area contributed by atoms with Crippen LogP contribution in [0, 0.1) is 0 Å². The van der Waals surface area contributed by atoms with Crippen molar-refractivity contribution in [3.63, 3.8) is 0 Å². The van der Waals surface area contributed by atoms with Gasteiger partial charge in [-0.3, -0.25) is 9.69 Å². The lowest BCUT2D eigenvalue weighted by Gasteiger charge is -2.30. The van der Waals surface area contributed by atoms with Gasteiger partial charge in [0.05, 0.1) is 43.8 Å². The fraction of sp³-hybridized carbons (Fsp3) is 0.440. The van der Waals surface area contributed by atoms with E-state index in [4.69, 9.17) is 14.2 Å². The molecule has 0 aliphatic carbocycles. The van der Waals surface area contributed by atoms with Crippen LogP contribution in [0.15, 0.2) is 36.7 Å². The number of hydrogen-bond donors (Lipinski definition) is 0. The minimum absolute atomic E-state index is 0.00212. The molecule has 3 aromatic rings. The van der Waals surface area contributed by atoms with Crippen LogP contribution in [0.5, 0.6) is 11.5 Å². The third-order valence-electron chi connectivity index (χ3n) is 6.51. The van der Waals surface area contributed by atoms with E-state index in [1.165, 1.54) is 7.11 Å². The molecule has 0 atom stereocenters. The van der Waals surface area contributed by atoms with E-state index < -0.39 is 18.6 Å². The van der Waals surface area contributed by atoms with Gasteiger partial charge in [-0.05, 0) is 41.8 Å². The number of ether oxygens (including phenoxy) is 3. The highest BCUT2D eigenvalue weighted by Crippen LogP contribution is 2.36. The molecular formula is C25H27F3N4O4. The van der Waals surface area contributed by atoms with Gasteiger partial charge in [-0.15, -0.1) is 0 Å². The number of carbonyl (C=O) groups is 1. The highest BCUT2D eigenvalue weighted by Gasteiger charge is 2.37. The molecule has 11 heteroatoms. The summed E-state index contributed by atoms with van der Waals surface area (Å²) in [5.74, 6) is 0.279. The van der Waals surface area contributed by atoms with Crippen molar-refractivity contribution in [1.82, 2.24) is 19.4 Å². The molecule has 0 saturated carbocycles. The largest absolute Gasteiger partial charge is 0.496 e. The number of benzene rings is 1. The second-order valence-corrected chi connectivity index (χ2v) is 8.86. The molecule has 2 aromatic heterocycles. The SMILES string of the molecule is COc1cc(-c2cnn3cc(OCCN4CCOCC4)ccc23)cc2c1C(=O)N(CC(F)(F)F)CC2. The number of alkyl halides is 3. The van der Waals surface area contributed by atoms with E-state index >= 15 is 0 Å². The molecule has 1 saturated heterocycles. The molecule has 0 N–H and O–H groups in total. The van der Waals surface area contributed by atoms with Crippen molar-refractivity contribution in [1.29, 1.82) is 0 Å². The molecule has 1 fully saturated rings. The average Bonchev–Trinajstić information content (AvgIpc) is 3.28. The Morgan fingerprint density at radius 2 is 1.94 bits per heavy atom. The Hall–Kier alpha value is -3.31. The van der Waals surface area contributed by atoms with E-state index in [0.29, 0.717) is 24.3 Å². The summed E-state index contributed by atoms with van der Waals surface area (Å²) in [5.41, 5.74) is 3.28. The molecule has 36 heavy (non-hydrogen) atoms. The van der Waals surface area contributed by atoms with Gasteiger partial charge in [-0.2, -0.15) is 18.3 Å². The van der Waals surface area contributed by atoms with Crippen molar-refractivity contribution in [2.45, 2.75) is 12.6 Å². The van der Waals surface area contributed by atoms with Crippen LogP contribution in [0.2, 0.25) is 0 Å². The van der Waals surface area contributed by atoms with Crippen LogP contribution in [-0.4, -0.2) is 91.2 Å². The molecule has 1 aromatic carbocycles. The maximum atomic E-state index is 12.9. The molecule has 0 unspecified atom stereocenters. The Morgan fingerprint density at radius 3 is 2.69 bits per heavy atom. The van der Waals surface area contributed by atoms with E-state index in [9.17, 15) is 18.0 Å². The molecule has 0 spiro atoms. The zero-order valence-corrected chi connectivity index (χ0v) is 19.9. The average molecular weight is 505 g/mol. The number of methoxy groups -OCH3 is 1. The predicted octanol–water partition coefficient (Wildman–Crippen LogP) is 3.28. The Morgan fingerprint density at radius 1 is 1.14 bits per heavy atom. The van der Waals surface area contributed by atoms with E-state index in [1.807, 2.05) is 24.4 Å². The van der Waals surface area contributed by atoms with E-state index in [-0.39, 0.29) is 17.9 Å². The molecule has 0 radical (unpaired) electrons. The smallest absolute Gasteiger partial charge is 0.406 e. The Labute approximate surface area is 206 Å². The summed E-state index contributed by atoms with van der Waals surface area (Å²) in [4.78, 5) is 15.9. The van der Waals surface area contributed by atoms with Gasteiger partial charge in [0.15, 0.2) is 0 Å². The van der Waals surface area contributed by atoms with Crippen molar-refractivity contribution in [3.8, 4) is 22.6 Å². The number of hydrogen-bond acceptors (Lipinski definition) is 6. The molecule has 5 rings (SSSR count). The monoisotopic (exact) mass is 504 g/mol. The summed E-state index contributed by atoms with van der Waals surface area (Å²) in [5, 5.41) is 4.46. The highest BCUT2D eigenvalue weighted by molar-refractivity contribution is 6.00. The summed E-state index contributed by atoms with van der Waals surface area (Å²) in [7, 11) is 1.41. The fourth-order valence-corrected chi connectivity index (χ4v) is 4.70. The lowest BCUT2D eigenvalue weighted by molar-refractivity contribution is -0.141. The van der Waals surface area contributed by atoms with Crippen molar-refractivity contribution >= 4 is 11.4 Å². The second kappa shape index (κ2) is 9.98. The number of fused-ring (bicyclic) bond motifs is 2. The van der Waals surface area contributed by atoms with Crippen LogP contribution in [0.1, 0.15) is 15.9 Å². The topological polar surface area (TPSA) is 68.5 Å². The van der Waals surface area contributed by atoms with E-state index in [0.717, 1.165) is 54.4 Å². The number of carbonyl (C=O) groups excluding carboxylic acids is 1. The molecule has 1 amide bonds. The maximum absolute atomic E-state index is 12.9. The van der Waals surface area contributed by atoms with Crippen molar-refractivity contribution in [2.75, 3.05) is 59.7 Å².